The Morgan fingerprint density at radius 1 is 1.04 bits per heavy atom. The maximum absolute atomic E-state index is 5.38. The monoisotopic (exact) mass is 376 g/mol. The molecule has 0 bridgehead atoms. The van der Waals surface area contributed by atoms with Gasteiger partial charge in [-0.3, -0.25) is 0 Å². The van der Waals surface area contributed by atoms with Gasteiger partial charge in [-0.05, 0) is 42.7 Å². The second-order valence-corrected chi connectivity index (χ2v) is 6.86. The fraction of sp³-hybridized carbons (Fsp3) is 0.273. The molecule has 0 aliphatic carbocycles. The van der Waals surface area contributed by atoms with Crippen LogP contribution in [0, 0.1) is 0 Å². The minimum Gasteiger partial charge on any atom is -0.493 e. The van der Waals surface area contributed by atoms with Gasteiger partial charge in [-0.2, -0.15) is 0 Å². The van der Waals surface area contributed by atoms with E-state index in [4.69, 9.17) is 9.47 Å². The van der Waals surface area contributed by atoms with E-state index in [1.54, 1.807) is 20.5 Å². The molecule has 4 rings (SSSR count). The van der Waals surface area contributed by atoms with Gasteiger partial charge in [0, 0.05) is 24.3 Å². The fourth-order valence-electron chi connectivity index (χ4n) is 3.67. The van der Waals surface area contributed by atoms with Gasteiger partial charge in [0.1, 0.15) is 18.0 Å². The van der Waals surface area contributed by atoms with Crippen molar-refractivity contribution in [2.75, 3.05) is 24.4 Å². The Kier molecular flexibility index (Phi) is 5.02. The van der Waals surface area contributed by atoms with Gasteiger partial charge in [-0.25, -0.2) is 9.97 Å². The van der Waals surface area contributed by atoms with Crippen LogP contribution in [0.5, 0.6) is 11.5 Å². The van der Waals surface area contributed by atoms with E-state index in [0.29, 0.717) is 18.3 Å². The summed E-state index contributed by atoms with van der Waals surface area (Å²) in [5.41, 5.74) is 3.66. The Hall–Kier alpha value is -3.28. The first-order chi connectivity index (χ1) is 13.7. The van der Waals surface area contributed by atoms with Crippen molar-refractivity contribution in [1.29, 1.82) is 0 Å². The van der Waals surface area contributed by atoms with Crippen LogP contribution in [-0.2, 0) is 13.0 Å². The highest BCUT2D eigenvalue weighted by molar-refractivity contribution is 5.70. The molecule has 2 aromatic carbocycles. The van der Waals surface area contributed by atoms with Gasteiger partial charge in [-0.1, -0.05) is 24.3 Å². The van der Waals surface area contributed by atoms with Crippen LogP contribution in [0.3, 0.4) is 0 Å². The molecule has 0 saturated heterocycles. The summed E-state index contributed by atoms with van der Waals surface area (Å²) in [5.74, 6) is 3.13. The first kappa shape index (κ1) is 18.1. The van der Waals surface area contributed by atoms with E-state index in [2.05, 4.69) is 51.4 Å². The molecular weight excluding hydrogens is 352 g/mol. The van der Waals surface area contributed by atoms with Crippen molar-refractivity contribution in [1.82, 2.24) is 9.97 Å². The minimum absolute atomic E-state index is 0.367. The zero-order valence-electron chi connectivity index (χ0n) is 16.3. The lowest BCUT2D eigenvalue weighted by atomic mass is 10.1. The number of aromatic nitrogens is 2. The van der Waals surface area contributed by atoms with Crippen LogP contribution in [0.2, 0.25) is 0 Å². The predicted octanol–water partition coefficient (Wildman–Crippen LogP) is 4.19. The standard InChI is InChI=1S/C22H24N4O2/c1-15-10-17-6-4-5-7-18(17)26(15)22-12-21(24-14-25-22)23-13-16-8-9-19(27-2)20(11-16)28-3/h4-9,11-12,14-15H,10,13H2,1-3H3,(H,23,24,25). The second-order valence-electron chi connectivity index (χ2n) is 6.86. The number of fused-ring (bicyclic) bond motifs is 1. The molecule has 1 N–H and O–H groups in total. The normalized spacial score (nSPS) is 15.2. The number of hydrogen-bond acceptors (Lipinski definition) is 6. The molecule has 1 unspecified atom stereocenters. The van der Waals surface area contributed by atoms with Gasteiger partial charge in [-0.15, -0.1) is 0 Å². The number of rotatable bonds is 6. The molecule has 0 spiro atoms. The third-order valence-corrected chi connectivity index (χ3v) is 5.03. The van der Waals surface area contributed by atoms with Crippen LogP contribution in [0.15, 0.2) is 54.9 Å². The van der Waals surface area contributed by atoms with Crippen LogP contribution >= 0.6 is 0 Å². The van der Waals surface area contributed by atoms with Gasteiger partial charge in [0.2, 0.25) is 0 Å². The van der Waals surface area contributed by atoms with Crippen molar-refractivity contribution in [3.8, 4) is 11.5 Å². The predicted molar refractivity (Wildman–Crippen MR) is 111 cm³/mol. The van der Waals surface area contributed by atoms with E-state index in [9.17, 15) is 0 Å². The molecule has 28 heavy (non-hydrogen) atoms. The third-order valence-electron chi connectivity index (χ3n) is 5.03. The number of benzene rings is 2. The molecule has 1 aliphatic heterocycles. The van der Waals surface area contributed by atoms with Crippen molar-refractivity contribution < 1.29 is 9.47 Å². The number of nitrogens with zero attached hydrogens (tertiary/aromatic N) is 3. The number of para-hydroxylation sites is 1. The van der Waals surface area contributed by atoms with Crippen LogP contribution < -0.4 is 19.7 Å². The zero-order valence-corrected chi connectivity index (χ0v) is 16.3. The topological polar surface area (TPSA) is 59.5 Å². The first-order valence-corrected chi connectivity index (χ1v) is 9.33. The molecule has 0 fully saturated rings. The van der Waals surface area contributed by atoms with E-state index in [0.717, 1.165) is 29.4 Å². The molecule has 0 radical (unpaired) electrons. The van der Waals surface area contributed by atoms with Crippen LogP contribution in [0.25, 0.3) is 0 Å². The highest BCUT2D eigenvalue weighted by Gasteiger charge is 2.27. The van der Waals surface area contributed by atoms with Crippen molar-refractivity contribution in [3.63, 3.8) is 0 Å². The quantitative estimate of drug-likeness (QED) is 0.696. The molecule has 1 aromatic heterocycles. The molecular formula is C22H24N4O2. The average Bonchev–Trinajstić information content (AvgIpc) is 3.07. The van der Waals surface area contributed by atoms with E-state index in [-0.39, 0.29) is 0 Å². The third kappa shape index (κ3) is 3.45. The molecule has 2 heterocycles. The maximum atomic E-state index is 5.38. The van der Waals surface area contributed by atoms with Gasteiger partial charge in [0.05, 0.1) is 14.2 Å². The highest BCUT2D eigenvalue weighted by Crippen LogP contribution is 2.37. The summed E-state index contributed by atoms with van der Waals surface area (Å²) >= 11 is 0. The summed E-state index contributed by atoms with van der Waals surface area (Å²) in [5, 5.41) is 3.38. The van der Waals surface area contributed by atoms with Crippen LogP contribution in [0.4, 0.5) is 17.3 Å². The molecule has 1 aliphatic rings. The number of methoxy groups -OCH3 is 2. The molecule has 6 nitrogen and oxygen atoms in total. The molecule has 0 amide bonds. The summed E-state index contributed by atoms with van der Waals surface area (Å²) in [6.45, 7) is 2.85. The van der Waals surface area contributed by atoms with Crippen molar-refractivity contribution in [2.45, 2.75) is 25.9 Å². The number of ether oxygens (including phenoxy) is 2. The Labute approximate surface area is 165 Å². The number of nitrogens with one attached hydrogen (secondary N) is 1. The van der Waals surface area contributed by atoms with E-state index < -0.39 is 0 Å². The molecule has 144 valence electrons. The summed E-state index contributed by atoms with van der Waals surface area (Å²) in [4.78, 5) is 11.2. The van der Waals surface area contributed by atoms with Crippen molar-refractivity contribution in [2.24, 2.45) is 0 Å². The molecule has 1 atom stereocenters. The number of anilines is 3. The first-order valence-electron chi connectivity index (χ1n) is 9.33. The van der Waals surface area contributed by atoms with Crippen molar-refractivity contribution >= 4 is 17.3 Å². The van der Waals surface area contributed by atoms with Crippen molar-refractivity contribution in [3.05, 3.63) is 66.0 Å². The Morgan fingerprint density at radius 3 is 2.68 bits per heavy atom. The lowest BCUT2D eigenvalue weighted by Crippen LogP contribution is -2.25. The lowest BCUT2D eigenvalue weighted by molar-refractivity contribution is 0.354. The highest BCUT2D eigenvalue weighted by atomic mass is 16.5. The largest absolute Gasteiger partial charge is 0.493 e. The van der Waals surface area contributed by atoms with Crippen LogP contribution in [0.1, 0.15) is 18.1 Å². The Balaban J connectivity index is 1.52. The average molecular weight is 376 g/mol. The van der Waals surface area contributed by atoms with Gasteiger partial charge < -0.3 is 19.7 Å². The molecule has 3 aromatic rings. The summed E-state index contributed by atoms with van der Waals surface area (Å²) in [6.07, 6.45) is 2.63. The molecule has 0 saturated carbocycles. The Bertz CT molecular complexity index is 976. The zero-order chi connectivity index (χ0) is 19.5. The fourth-order valence-corrected chi connectivity index (χ4v) is 3.67. The van der Waals surface area contributed by atoms with E-state index >= 15 is 0 Å². The summed E-state index contributed by atoms with van der Waals surface area (Å²) in [7, 11) is 3.27. The molecule has 6 heteroatoms. The smallest absolute Gasteiger partial charge is 0.161 e. The number of hydrogen-bond donors (Lipinski definition) is 1. The SMILES string of the molecule is COc1ccc(CNc2cc(N3c4ccccc4CC3C)ncn2)cc1OC. The van der Waals surface area contributed by atoms with Gasteiger partial charge in [0.25, 0.3) is 0 Å². The van der Waals surface area contributed by atoms with Gasteiger partial charge in [0.15, 0.2) is 11.5 Å². The van der Waals surface area contributed by atoms with Gasteiger partial charge >= 0.3 is 0 Å². The Morgan fingerprint density at radius 2 is 1.86 bits per heavy atom. The maximum Gasteiger partial charge on any atom is 0.161 e. The lowest BCUT2D eigenvalue weighted by Gasteiger charge is -2.24. The summed E-state index contributed by atoms with van der Waals surface area (Å²) < 4.78 is 10.7. The van der Waals surface area contributed by atoms with E-state index in [1.165, 1.54) is 11.3 Å². The van der Waals surface area contributed by atoms with E-state index in [1.807, 2.05) is 24.3 Å². The summed E-state index contributed by atoms with van der Waals surface area (Å²) in [6, 6.07) is 16.7. The second kappa shape index (κ2) is 7.76. The van der Waals surface area contributed by atoms with Crippen LogP contribution in [-0.4, -0.2) is 30.2 Å². The minimum atomic E-state index is 0.367.